The molecule has 2 rings (SSSR count). The molecule has 17 heavy (non-hydrogen) atoms. The van der Waals surface area contributed by atoms with Crippen molar-refractivity contribution in [2.75, 3.05) is 25.1 Å². The molecule has 0 spiro atoms. The molecule has 0 atom stereocenters. The number of carbonyl (C=O) groups excluding carboxylic acids is 1. The van der Waals surface area contributed by atoms with Crippen molar-refractivity contribution in [2.45, 2.75) is 13.8 Å². The number of ether oxygens (including phenoxy) is 1. The van der Waals surface area contributed by atoms with Gasteiger partial charge in [0.1, 0.15) is 5.41 Å². The fraction of sp³-hybridized carbons (Fsp3) is 0.462. The fourth-order valence-electron chi connectivity index (χ4n) is 1.73. The van der Waals surface area contributed by atoms with Crippen LogP contribution >= 0.6 is 0 Å². The first-order valence-corrected chi connectivity index (χ1v) is 5.65. The Kier molecular flexibility index (Phi) is 3.17. The third-order valence-corrected chi connectivity index (χ3v) is 3.31. The molecule has 1 aromatic rings. The maximum absolute atomic E-state index is 12.0. The van der Waals surface area contributed by atoms with E-state index in [9.17, 15) is 9.90 Å². The Balaban J connectivity index is 2.10. The van der Waals surface area contributed by atoms with E-state index in [4.69, 9.17) is 4.74 Å². The highest BCUT2D eigenvalue weighted by atomic mass is 16.5. The highest BCUT2D eigenvalue weighted by Gasteiger charge is 2.45. The standard InChI is InChI=1S/C13H17NO3/c1-9-3-4-11(5-10(9)2)14-12(16)13(6-15)7-17-8-13/h3-5,15H,6-8H2,1-2H3,(H,14,16). The van der Waals surface area contributed by atoms with Crippen LogP contribution in [0.4, 0.5) is 5.69 Å². The van der Waals surface area contributed by atoms with Gasteiger partial charge in [-0.25, -0.2) is 0 Å². The SMILES string of the molecule is Cc1ccc(NC(=O)C2(CO)COC2)cc1C. The van der Waals surface area contributed by atoms with Crippen molar-refractivity contribution in [3.63, 3.8) is 0 Å². The van der Waals surface area contributed by atoms with Crippen LogP contribution in [0.15, 0.2) is 18.2 Å². The molecule has 92 valence electrons. The van der Waals surface area contributed by atoms with Gasteiger partial charge in [0.05, 0.1) is 19.8 Å². The summed E-state index contributed by atoms with van der Waals surface area (Å²) in [4.78, 5) is 12.0. The van der Waals surface area contributed by atoms with Crippen molar-refractivity contribution < 1.29 is 14.6 Å². The van der Waals surface area contributed by atoms with Crippen LogP contribution in [-0.2, 0) is 9.53 Å². The molecule has 0 radical (unpaired) electrons. The molecule has 1 amide bonds. The van der Waals surface area contributed by atoms with Gasteiger partial charge in [-0.3, -0.25) is 4.79 Å². The quantitative estimate of drug-likeness (QED) is 0.829. The van der Waals surface area contributed by atoms with Crippen LogP contribution < -0.4 is 5.32 Å². The highest BCUT2D eigenvalue weighted by Crippen LogP contribution is 2.28. The number of aliphatic hydroxyl groups excluding tert-OH is 1. The molecule has 1 saturated heterocycles. The minimum absolute atomic E-state index is 0.172. The van der Waals surface area contributed by atoms with Gasteiger partial charge in [0.25, 0.3) is 0 Å². The van der Waals surface area contributed by atoms with Crippen molar-refractivity contribution in [1.29, 1.82) is 0 Å². The lowest BCUT2D eigenvalue weighted by atomic mass is 9.86. The van der Waals surface area contributed by atoms with E-state index in [0.717, 1.165) is 11.3 Å². The van der Waals surface area contributed by atoms with Gasteiger partial charge in [0, 0.05) is 5.69 Å². The van der Waals surface area contributed by atoms with Gasteiger partial charge in [0.2, 0.25) is 5.91 Å². The van der Waals surface area contributed by atoms with E-state index < -0.39 is 5.41 Å². The van der Waals surface area contributed by atoms with Crippen molar-refractivity contribution in [2.24, 2.45) is 5.41 Å². The maximum Gasteiger partial charge on any atom is 0.237 e. The summed E-state index contributed by atoms with van der Waals surface area (Å²) in [6.07, 6.45) is 0. The number of carbonyl (C=O) groups is 1. The summed E-state index contributed by atoms with van der Waals surface area (Å²) in [5.41, 5.74) is 2.33. The van der Waals surface area contributed by atoms with Crippen LogP contribution in [0.2, 0.25) is 0 Å². The van der Waals surface area contributed by atoms with Gasteiger partial charge in [-0.15, -0.1) is 0 Å². The zero-order valence-electron chi connectivity index (χ0n) is 10.1. The number of rotatable bonds is 3. The van der Waals surface area contributed by atoms with E-state index in [1.165, 1.54) is 5.56 Å². The first-order valence-electron chi connectivity index (χ1n) is 5.65. The first-order chi connectivity index (χ1) is 8.07. The molecule has 0 aromatic heterocycles. The van der Waals surface area contributed by atoms with Crippen LogP contribution in [0.3, 0.4) is 0 Å². The summed E-state index contributed by atoms with van der Waals surface area (Å²) in [5.74, 6) is -0.172. The number of anilines is 1. The molecule has 0 unspecified atom stereocenters. The molecule has 0 bridgehead atoms. The second-order valence-electron chi connectivity index (χ2n) is 4.68. The lowest BCUT2D eigenvalue weighted by molar-refractivity contribution is -0.164. The van der Waals surface area contributed by atoms with Crippen LogP contribution in [0, 0.1) is 19.3 Å². The number of amides is 1. The molecule has 4 heteroatoms. The van der Waals surface area contributed by atoms with Crippen molar-refractivity contribution in [1.82, 2.24) is 0 Å². The summed E-state index contributed by atoms with van der Waals surface area (Å²) in [7, 11) is 0. The zero-order valence-corrected chi connectivity index (χ0v) is 10.1. The van der Waals surface area contributed by atoms with Gasteiger partial charge in [-0.2, -0.15) is 0 Å². The van der Waals surface area contributed by atoms with Crippen molar-refractivity contribution in [3.05, 3.63) is 29.3 Å². The van der Waals surface area contributed by atoms with E-state index in [2.05, 4.69) is 5.32 Å². The third kappa shape index (κ3) is 2.18. The van der Waals surface area contributed by atoms with E-state index in [0.29, 0.717) is 13.2 Å². The fourth-order valence-corrected chi connectivity index (χ4v) is 1.73. The van der Waals surface area contributed by atoms with Crippen molar-refractivity contribution in [3.8, 4) is 0 Å². The van der Waals surface area contributed by atoms with Gasteiger partial charge >= 0.3 is 0 Å². The van der Waals surface area contributed by atoms with Crippen LogP contribution in [0.5, 0.6) is 0 Å². The van der Waals surface area contributed by atoms with Crippen LogP contribution in [-0.4, -0.2) is 30.8 Å². The molecule has 1 aliphatic heterocycles. The summed E-state index contributed by atoms with van der Waals surface area (Å²) in [5, 5.41) is 12.1. The Morgan fingerprint density at radius 1 is 1.41 bits per heavy atom. The molecular formula is C13H17NO3. The smallest absolute Gasteiger partial charge is 0.237 e. The number of aryl methyl sites for hydroxylation is 2. The largest absolute Gasteiger partial charge is 0.395 e. The first kappa shape index (κ1) is 12.1. The zero-order chi connectivity index (χ0) is 12.5. The van der Waals surface area contributed by atoms with Gasteiger partial charge < -0.3 is 15.2 Å². The average molecular weight is 235 g/mol. The normalized spacial score (nSPS) is 17.4. The second-order valence-corrected chi connectivity index (χ2v) is 4.68. The Labute approximate surface area is 101 Å². The summed E-state index contributed by atoms with van der Waals surface area (Å²) < 4.78 is 5.01. The number of hydrogen-bond donors (Lipinski definition) is 2. The maximum atomic E-state index is 12.0. The van der Waals surface area contributed by atoms with Crippen LogP contribution in [0.25, 0.3) is 0 Å². The number of benzene rings is 1. The number of aliphatic hydroxyl groups is 1. The molecule has 0 saturated carbocycles. The predicted molar refractivity (Wildman–Crippen MR) is 64.9 cm³/mol. The van der Waals surface area contributed by atoms with E-state index in [-0.39, 0.29) is 12.5 Å². The van der Waals surface area contributed by atoms with Gasteiger partial charge in [0.15, 0.2) is 0 Å². The molecule has 4 nitrogen and oxygen atoms in total. The number of nitrogens with one attached hydrogen (secondary N) is 1. The molecule has 0 aliphatic carbocycles. The highest BCUT2D eigenvalue weighted by molar-refractivity contribution is 5.96. The molecule has 1 aromatic carbocycles. The molecule has 1 fully saturated rings. The van der Waals surface area contributed by atoms with E-state index in [1.807, 2.05) is 32.0 Å². The number of hydrogen-bond acceptors (Lipinski definition) is 3. The second kappa shape index (κ2) is 4.47. The molecule has 1 heterocycles. The van der Waals surface area contributed by atoms with Crippen molar-refractivity contribution >= 4 is 11.6 Å². The topological polar surface area (TPSA) is 58.6 Å². The minimum atomic E-state index is -0.751. The summed E-state index contributed by atoms with van der Waals surface area (Å²) >= 11 is 0. The minimum Gasteiger partial charge on any atom is -0.395 e. The Hall–Kier alpha value is -1.39. The third-order valence-electron chi connectivity index (χ3n) is 3.31. The Bertz CT molecular complexity index is 433. The van der Waals surface area contributed by atoms with E-state index in [1.54, 1.807) is 0 Å². The monoisotopic (exact) mass is 235 g/mol. The lowest BCUT2D eigenvalue weighted by Gasteiger charge is -2.38. The Morgan fingerprint density at radius 2 is 2.12 bits per heavy atom. The molecular weight excluding hydrogens is 218 g/mol. The van der Waals surface area contributed by atoms with E-state index >= 15 is 0 Å². The lowest BCUT2D eigenvalue weighted by Crippen LogP contribution is -2.54. The summed E-state index contributed by atoms with van der Waals surface area (Å²) in [6, 6.07) is 5.76. The average Bonchev–Trinajstić information content (AvgIpc) is 2.23. The molecule has 1 aliphatic rings. The molecule has 2 N–H and O–H groups in total. The van der Waals surface area contributed by atoms with Crippen LogP contribution in [0.1, 0.15) is 11.1 Å². The van der Waals surface area contributed by atoms with Gasteiger partial charge in [-0.05, 0) is 37.1 Å². The van der Waals surface area contributed by atoms with Gasteiger partial charge in [-0.1, -0.05) is 6.07 Å². The predicted octanol–water partition coefficient (Wildman–Crippen LogP) is 1.25. The summed E-state index contributed by atoms with van der Waals surface area (Å²) in [6.45, 7) is 4.43. The Morgan fingerprint density at radius 3 is 2.59 bits per heavy atom.